The van der Waals surface area contributed by atoms with Gasteiger partial charge < -0.3 is 10.2 Å². The number of alkyl halides is 6. The van der Waals surface area contributed by atoms with Crippen LogP contribution in [0.2, 0.25) is 0 Å². The fourth-order valence-corrected chi connectivity index (χ4v) is 1.03. The Labute approximate surface area is 97.7 Å². The topological polar surface area (TPSA) is 57.5 Å². The third-order valence-corrected chi connectivity index (χ3v) is 2.23. The number of rotatable bonds is 4. The molecule has 0 aliphatic rings. The normalized spacial score (nSPS) is 14.8. The minimum atomic E-state index is -5.88. The molecule has 0 aliphatic heterocycles. The van der Waals surface area contributed by atoms with Gasteiger partial charge in [-0.2, -0.15) is 26.3 Å². The molecule has 0 aliphatic carbocycles. The molecule has 0 saturated heterocycles. The van der Waals surface area contributed by atoms with E-state index in [2.05, 4.69) is 0 Å². The van der Waals surface area contributed by atoms with E-state index < -0.39 is 42.3 Å². The number of hydrogen-bond donors (Lipinski definition) is 2. The third-order valence-electron chi connectivity index (χ3n) is 2.23. The highest BCUT2D eigenvalue weighted by Crippen LogP contribution is 2.45. The first-order valence-corrected chi connectivity index (χ1v) is 4.59. The van der Waals surface area contributed by atoms with Crippen LogP contribution in [0.5, 0.6) is 0 Å². The third kappa shape index (κ3) is 3.62. The van der Waals surface area contributed by atoms with E-state index in [1.54, 1.807) is 0 Å². The van der Waals surface area contributed by atoms with Crippen LogP contribution in [0.25, 0.3) is 0 Å². The standard InChI is InChI=1S/C9H10F6O3/c1-5(6(16)17)3-2-4-7(18,8(10,11)12)9(13,14)15/h3,18H,2,4H2,1H3,(H,16,17). The Bertz CT molecular complexity index is 327. The number of aliphatic carboxylic acids is 1. The van der Waals surface area contributed by atoms with Crippen molar-refractivity contribution in [2.24, 2.45) is 0 Å². The van der Waals surface area contributed by atoms with E-state index in [0.29, 0.717) is 6.08 Å². The summed E-state index contributed by atoms with van der Waals surface area (Å²) in [6.07, 6.45) is -13.6. The van der Waals surface area contributed by atoms with Gasteiger partial charge in [0.15, 0.2) is 0 Å². The molecule has 0 radical (unpaired) electrons. The molecule has 0 amide bonds. The predicted molar refractivity (Wildman–Crippen MR) is 47.7 cm³/mol. The van der Waals surface area contributed by atoms with Gasteiger partial charge in [-0.1, -0.05) is 6.08 Å². The fraction of sp³-hybridized carbons (Fsp3) is 0.667. The van der Waals surface area contributed by atoms with E-state index in [4.69, 9.17) is 10.2 Å². The van der Waals surface area contributed by atoms with E-state index in [1.807, 2.05) is 0 Å². The number of carbonyl (C=O) groups is 1. The fourth-order valence-electron chi connectivity index (χ4n) is 1.03. The first kappa shape index (κ1) is 16.8. The Hall–Kier alpha value is -1.25. The summed E-state index contributed by atoms with van der Waals surface area (Å²) in [6, 6.07) is 0. The average molecular weight is 280 g/mol. The maximum Gasteiger partial charge on any atom is 0.426 e. The molecule has 0 saturated carbocycles. The van der Waals surface area contributed by atoms with Crippen LogP contribution in [0.1, 0.15) is 19.8 Å². The lowest BCUT2D eigenvalue weighted by atomic mass is 9.95. The second-order valence-electron chi connectivity index (χ2n) is 3.59. The molecule has 2 N–H and O–H groups in total. The van der Waals surface area contributed by atoms with Crippen LogP contribution in [0, 0.1) is 0 Å². The number of hydrogen-bond acceptors (Lipinski definition) is 2. The molecule has 106 valence electrons. The molecular formula is C9H10F6O3. The van der Waals surface area contributed by atoms with Crippen molar-refractivity contribution in [1.82, 2.24) is 0 Å². The zero-order chi connectivity index (χ0) is 14.8. The largest absolute Gasteiger partial charge is 0.478 e. The van der Waals surface area contributed by atoms with Crippen molar-refractivity contribution in [1.29, 1.82) is 0 Å². The quantitative estimate of drug-likeness (QED) is 0.615. The first-order valence-electron chi connectivity index (χ1n) is 4.59. The molecule has 0 aromatic rings. The van der Waals surface area contributed by atoms with Gasteiger partial charge in [0.05, 0.1) is 0 Å². The molecule has 3 nitrogen and oxygen atoms in total. The monoisotopic (exact) mass is 280 g/mol. The van der Waals surface area contributed by atoms with Gasteiger partial charge in [0, 0.05) is 5.57 Å². The summed E-state index contributed by atoms with van der Waals surface area (Å²) in [5.74, 6) is -1.46. The Morgan fingerprint density at radius 3 is 1.78 bits per heavy atom. The molecule has 0 bridgehead atoms. The number of carboxylic acid groups (broad SMARTS) is 1. The Morgan fingerprint density at radius 1 is 1.11 bits per heavy atom. The maximum absolute atomic E-state index is 12.2. The smallest absolute Gasteiger partial charge is 0.426 e. The van der Waals surface area contributed by atoms with Crippen molar-refractivity contribution < 1.29 is 41.4 Å². The van der Waals surface area contributed by atoms with E-state index >= 15 is 0 Å². The molecule has 0 atom stereocenters. The summed E-state index contributed by atoms with van der Waals surface area (Å²) in [5, 5.41) is 17.1. The van der Waals surface area contributed by atoms with Crippen LogP contribution in [-0.4, -0.2) is 34.1 Å². The summed E-state index contributed by atoms with van der Waals surface area (Å²) < 4.78 is 73.1. The van der Waals surface area contributed by atoms with Gasteiger partial charge in [0.2, 0.25) is 0 Å². The van der Waals surface area contributed by atoms with E-state index in [1.165, 1.54) is 0 Å². The summed E-state index contributed by atoms with van der Waals surface area (Å²) in [6.45, 7) is 1.02. The zero-order valence-corrected chi connectivity index (χ0v) is 9.06. The van der Waals surface area contributed by atoms with E-state index in [9.17, 15) is 31.1 Å². The van der Waals surface area contributed by atoms with E-state index in [0.717, 1.165) is 6.92 Å². The lowest BCUT2D eigenvalue weighted by Gasteiger charge is -2.32. The number of aliphatic hydroxyl groups is 1. The minimum absolute atomic E-state index is 0.401. The van der Waals surface area contributed by atoms with Crippen molar-refractivity contribution in [3.63, 3.8) is 0 Å². The van der Waals surface area contributed by atoms with Crippen LogP contribution in [0.15, 0.2) is 11.6 Å². The first-order chi connectivity index (χ1) is 7.83. The number of halogens is 6. The Balaban J connectivity index is 4.98. The molecule has 0 spiro atoms. The lowest BCUT2D eigenvalue weighted by Crippen LogP contribution is -2.56. The van der Waals surface area contributed by atoms with Crippen LogP contribution in [-0.2, 0) is 4.79 Å². The van der Waals surface area contributed by atoms with Gasteiger partial charge in [-0.15, -0.1) is 0 Å². The second-order valence-corrected chi connectivity index (χ2v) is 3.59. The van der Waals surface area contributed by atoms with Gasteiger partial charge in [0.1, 0.15) is 0 Å². The number of carboxylic acids is 1. The van der Waals surface area contributed by atoms with Gasteiger partial charge in [-0.3, -0.25) is 0 Å². The van der Waals surface area contributed by atoms with Gasteiger partial charge in [0.25, 0.3) is 5.60 Å². The molecule has 0 heterocycles. The summed E-state index contributed by atoms with van der Waals surface area (Å²) in [4.78, 5) is 10.3. The molecule has 18 heavy (non-hydrogen) atoms. The summed E-state index contributed by atoms with van der Waals surface area (Å²) >= 11 is 0. The molecule has 0 rings (SSSR count). The molecule has 0 fully saturated rings. The lowest BCUT2D eigenvalue weighted by molar-refractivity contribution is -0.369. The molecule has 0 unspecified atom stereocenters. The van der Waals surface area contributed by atoms with Crippen molar-refractivity contribution in [2.45, 2.75) is 37.7 Å². The van der Waals surface area contributed by atoms with Gasteiger partial charge >= 0.3 is 18.3 Å². The summed E-state index contributed by atoms with van der Waals surface area (Å²) in [7, 11) is 0. The van der Waals surface area contributed by atoms with E-state index in [-0.39, 0.29) is 0 Å². The SMILES string of the molecule is CC(=CCCC(O)(C(F)(F)F)C(F)(F)F)C(=O)O. The maximum atomic E-state index is 12.2. The van der Waals surface area contributed by atoms with Crippen molar-refractivity contribution in [3.8, 4) is 0 Å². The molecule has 0 aromatic heterocycles. The summed E-state index contributed by atoms with van der Waals surface area (Å²) in [5.41, 5.74) is -5.24. The highest BCUT2D eigenvalue weighted by Gasteiger charge is 2.69. The van der Waals surface area contributed by atoms with Gasteiger partial charge in [-0.05, 0) is 19.8 Å². The number of allylic oxidation sites excluding steroid dienone is 1. The van der Waals surface area contributed by atoms with Crippen molar-refractivity contribution >= 4 is 5.97 Å². The van der Waals surface area contributed by atoms with Crippen LogP contribution < -0.4 is 0 Å². The van der Waals surface area contributed by atoms with Crippen molar-refractivity contribution in [2.75, 3.05) is 0 Å². The highest BCUT2D eigenvalue weighted by atomic mass is 19.4. The molecule has 9 heteroatoms. The second kappa shape index (κ2) is 5.17. The minimum Gasteiger partial charge on any atom is -0.478 e. The van der Waals surface area contributed by atoms with Gasteiger partial charge in [-0.25, -0.2) is 4.79 Å². The molecular weight excluding hydrogens is 270 g/mol. The highest BCUT2D eigenvalue weighted by molar-refractivity contribution is 5.85. The van der Waals surface area contributed by atoms with Crippen LogP contribution in [0.4, 0.5) is 26.3 Å². The predicted octanol–water partition coefficient (Wildman–Crippen LogP) is 2.65. The van der Waals surface area contributed by atoms with Crippen LogP contribution >= 0.6 is 0 Å². The van der Waals surface area contributed by atoms with Crippen LogP contribution in [0.3, 0.4) is 0 Å². The zero-order valence-electron chi connectivity index (χ0n) is 9.06. The molecule has 0 aromatic carbocycles. The van der Waals surface area contributed by atoms with Crippen molar-refractivity contribution in [3.05, 3.63) is 11.6 Å². The Morgan fingerprint density at radius 2 is 1.50 bits per heavy atom. The average Bonchev–Trinajstić information content (AvgIpc) is 2.13. The Kier molecular flexibility index (Phi) is 4.81.